The molecule has 1 heterocycles. The van der Waals surface area contributed by atoms with E-state index in [1.165, 1.54) is 47.4 Å². The lowest BCUT2D eigenvalue weighted by Crippen LogP contribution is -2.31. The Morgan fingerprint density at radius 2 is 1.71 bits per heavy atom. The van der Waals surface area contributed by atoms with E-state index in [0.717, 1.165) is 9.37 Å². The Kier molecular flexibility index (Phi) is 9.41. The van der Waals surface area contributed by atoms with Crippen molar-refractivity contribution in [1.82, 2.24) is 10.3 Å². The molecular weight excluding hydrogens is 591 g/mol. The predicted molar refractivity (Wildman–Crippen MR) is 153 cm³/mol. The van der Waals surface area contributed by atoms with Gasteiger partial charge in [-0.25, -0.2) is 9.37 Å². The topological polar surface area (TPSA) is 100 Å². The number of nitrogens with one attached hydrogen (secondary N) is 3. The van der Waals surface area contributed by atoms with E-state index in [9.17, 15) is 18.8 Å². The second-order valence-electron chi connectivity index (χ2n) is 7.70. The first-order valence-electron chi connectivity index (χ1n) is 11.1. The number of aromatic nitrogens is 1. The van der Waals surface area contributed by atoms with E-state index in [4.69, 9.17) is 0 Å². The van der Waals surface area contributed by atoms with Crippen LogP contribution in [0.2, 0.25) is 0 Å². The minimum absolute atomic E-state index is 0.0575. The van der Waals surface area contributed by atoms with Crippen LogP contribution >= 0.6 is 39.0 Å². The van der Waals surface area contributed by atoms with E-state index in [1.807, 2.05) is 0 Å². The number of benzene rings is 3. The van der Waals surface area contributed by atoms with Crippen LogP contribution in [0.4, 0.5) is 15.2 Å². The van der Waals surface area contributed by atoms with Crippen molar-refractivity contribution in [3.8, 4) is 0 Å². The molecule has 0 fully saturated rings. The van der Waals surface area contributed by atoms with Crippen molar-refractivity contribution in [2.24, 2.45) is 0 Å². The van der Waals surface area contributed by atoms with Gasteiger partial charge in [-0.3, -0.25) is 14.4 Å². The molecular formula is C27H20BrFN4O3S2. The Morgan fingerprint density at radius 3 is 2.39 bits per heavy atom. The molecule has 0 bridgehead atoms. The highest BCUT2D eigenvalue weighted by Gasteiger charge is 2.17. The molecule has 7 nitrogen and oxygen atoms in total. The molecule has 0 aliphatic carbocycles. The molecule has 0 saturated heterocycles. The SMILES string of the molecule is O=C(CSc1ccc(NC(=O)C(=Cc2ccc(Br)cc2)NC(=O)c2ccccc2F)cc1)Nc1nccs1. The lowest BCUT2D eigenvalue weighted by atomic mass is 10.1. The van der Waals surface area contributed by atoms with E-state index in [-0.39, 0.29) is 22.9 Å². The molecule has 3 N–H and O–H groups in total. The maximum absolute atomic E-state index is 14.1. The quantitative estimate of drug-likeness (QED) is 0.155. The van der Waals surface area contributed by atoms with Gasteiger partial charge in [0.1, 0.15) is 11.5 Å². The first-order chi connectivity index (χ1) is 18.4. The van der Waals surface area contributed by atoms with Crippen LogP contribution in [-0.2, 0) is 9.59 Å². The van der Waals surface area contributed by atoms with Gasteiger partial charge in [-0.15, -0.1) is 23.1 Å². The zero-order valence-corrected chi connectivity index (χ0v) is 22.8. The fourth-order valence-electron chi connectivity index (χ4n) is 3.14. The molecule has 3 amide bonds. The van der Waals surface area contributed by atoms with Crippen molar-refractivity contribution < 1.29 is 18.8 Å². The molecule has 0 aliphatic heterocycles. The van der Waals surface area contributed by atoms with Crippen molar-refractivity contribution in [1.29, 1.82) is 0 Å². The number of anilines is 2. The summed E-state index contributed by atoms with van der Waals surface area (Å²) in [6.07, 6.45) is 3.12. The van der Waals surface area contributed by atoms with Gasteiger partial charge in [-0.05, 0) is 60.2 Å². The molecule has 4 aromatic rings. The van der Waals surface area contributed by atoms with Gasteiger partial charge in [-0.2, -0.15) is 0 Å². The molecule has 192 valence electrons. The summed E-state index contributed by atoms with van der Waals surface area (Å²) in [5, 5.41) is 10.3. The number of thioether (sulfide) groups is 1. The molecule has 0 saturated carbocycles. The van der Waals surface area contributed by atoms with Crippen LogP contribution in [0.3, 0.4) is 0 Å². The average Bonchev–Trinajstić information content (AvgIpc) is 3.42. The van der Waals surface area contributed by atoms with Crippen LogP contribution in [0.25, 0.3) is 6.08 Å². The smallest absolute Gasteiger partial charge is 0.272 e. The third-order valence-electron chi connectivity index (χ3n) is 4.95. The van der Waals surface area contributed by atoms with Crippen LogP contribution in [0.5, 0.6) is 0 Å². The van der Waals surface area contributed by atoms with Gasteiger partial charge in [-0.1, -0.05) is 40.2 Å². The monoisotopic (exact) mass is 610 g/mol. The Morgan fingerprint density at radius 1 is 0.974 bits per heavy atom. The third kappa shape index (κ3) is 7.85. The Bertz CT molecular complexity index is 1460. The standard InChI is InChI=1S/C27H20BrFN4O3S2/c28-18-7-5-17(6-8-18)15-23(32-25(35)21-3-1-2-4-22(21)29)26(36)31-19-9-11-20(12-10-19)38-16-24(34)33-27-30-13-14-37-27/h1-15H,16H2,(H,31,36)(H,32,35)(H,30,33,34). The summed E-state index contributed by atoms with van der Waals surface area (Å²) in [5.74, 6) is -1.99. The van der Waals surface area contributed by atoms with Crippen molar-refractivity contribution in [2.45, 2.75) is 4.90 Å². The number of nitrogens with zero attached hydrogens (tertiary/aromatic N) is 1. The van der Waals surface area contributed by atoms with E-state index >= 15 is 0 Å². The van der Waals surface area contributed by atoms with Crippen molar-refractivity contribution in [2.75, 3.05) is 16.4 Å². The van der Waals surface area contributed by atoms with Crippen LogP contribution in [0, 0.1) is 5.82 Å². The second-order valence-corrected chi connectivity index (χ2v) is 10.6. The van der Waals surface area contributed by atoms with Crippen molar-refractivity contribution in [3.63, 3.8) is 0 Å². The highest BCUT2D eigenvalue weighted by molar-refractivity contribution is 9.10. The number of hydrogen-bond acceptors (Lipinski definition) is 6. The number of halogens is 2. The van der Waals surface area contributed by atoms with Gasteiger partial charge in [0.2, 0.25) is 5.91 Å². The largest absolute Gasteiger partial charge is 0.321 e. The normalized spacial score (nSPS) is 11.1. The van der Waals surface area contributed by atoms with Crippen molar-refractivity contribution in [3.05, 3.63) is 111 Å². The van der Waals surface area contributed by atoms with E-state index in [1.54, 1.807) is 66.2 Å². The molecule has 3 aromatic carbocycles. The summed E-state index contributed by atoms with van der Waals surface area (Å²) in [4.78, 5) is 42.8. The van der Waals surface area contributed by atoms with Gasteiger partial charge < -0.3 is 16.0 Å². The van der Waals surface area contributed by atoms with Crippen molar-refractivity contribution >= 4 is 73.6 Å². The van der Waals surface area contributed by atoms with Crippen LogP contribution in [0.15, 0.2) is 99.4 Å². The summed E-state index contributed by atoms with van der Waals surface area (Å²) in [6.45, 7) is 0. The predicted octanol–water partition coefficient (Wildman–Crippen LogP) is 6.19. The number of carbonyl (C=O) groups is 3. The highest BCUT2D eigenvalue weighted by Crippen LogP contribution is 2.22. The molecule has 0 atom stereocenters. The van der Waals surface area contributed by atoms with Crippen LogP contribution in [-0.4, -0.2) is 28.5 Å². The summed E-state index contributed by atoms with van der Waals surface area (Å²) in [6, 6.07) is 19.6. The number of amides is 3. The first kappa shape index (κ1) is 27.2. The van der Waals surface area contributed by atoms with Gasteiger partial charge in [0, 0.05) is 26.6 Å². The Balaban J connectivity index is 1.43. The summed E-state index contributed by atoms with van der Waals surface area (Å²) in [5.41, 5.74) is 0.906. The summed E-state index contributed by atoms with van der Waals surface area (Å²) in [7, 11) is 0. The number of hydrogen-bond donors (Lipinski definition) is 3. The molecule has 1 aromatic heterocycles. The number of thiazole rings is 1. The van der Waals surface area contributed by atoms with Gasteiger partial charge in [0.25, 0.3) is 11.8 Å². The number of rotatable bonds is 9. The van der Waals surface area contributed by atoms with Gasteiger partial charge in [0.15, 0.2) is 5.13 Å². The fraction of sp³-hybridized carbons (Fsp3) is 0.0370. The molecule has 0 spiro atoms. The Hall–Kier alpha value is -3.80. The van der Waals surface area contributed by atoms with E-state index in [0.29, 0.717) is 16.4 Å². The highest BCUT2D eigenvalue weighted by atomic mass is 79.9. The van der Waals surface area contributed by atoms with Crippen LogP contribution < -0.4 is 16.0 Å². The summed E-state index contributed by atoms with van der Waals surface area (Å²) < 4.78 is 15.0. The average molecular weight is 612 g/mol. The van der Waals surface area contributed by atoms with Gasteiger partial charge >= 0.3 is 0 Å². The minimum atomic E-state index is -0.746. The molecule has 0 radical (unpaired) electrons. The third-order valence-corrected chi connectivity index (χ3v) is 7.18. The lowest BCUT2D eigenvalue weighted by Gasteiger charge is -2.12. The lowest BCUT2D eigenvalue weighted by molar-refractivity contribution is -0.114. The molecule has 0 aliphatic rings. The van der Waals surface area contributed by atoms with E-state index < -0.39 is 17.6 Å². The molecule has 4 rings (SSSR count). The van der Waals surface area contributed by atoms with E-state index in [2.05, 4.69) is 36.9 Å². The second kappa shape index (κ2) is 13.1. The number of carbonyl (C=O) groups excluding carboxylic acids is 3. The maximum atomic E-state index is 14.1. The molecule has 11 heteroatoms. The van der Waals surface area contributed by atoms with Crippen LogP contribution in [0.1, 0.15) is 15.9 Å². The minimum Gasteiger partial charge on any atom is -0.321 e. The zero-order chi connectivity index (χ0) is 26.9. The summed E-state index contributed by atoms with van der Waals surface area (Å²) >= 11 is 6.05. The fourth-order valence-corrected chi connectivity index (χ4v) is 4.65. The first-order valence-corrected chi connectivity index (χ1v) is 13.8. The Labute approximate surface area is 234 Å². The molecule has 38 heavy (non-hydrogen) atoms. The zero-order valence-electron chi connectivity index (χ0n) is 19.6. The molecule has 0 unspecified atom stereocenters. The van der Waals surface area contributed by atoms with Gasteiger partial charge in [0.05, 0.1) is 11.3 Å². The maximum Gasteiger partial charge on any atom is 0.272 e.